The normalized spacial score (nSPS) is 21.6. The van der Waals surface area contributed by atoms with Crippen LogP contribution in [0.5, 0.6) is 5.75 Å². The van der Waals surface area contributed by atoms with E-state index in [2.05, 4.69) is 33.1 Å². The lowest BCUT2D eigenvalue weighted by Crippen LogP contribution is -2.74. The minimum Gasteiger partial charge on any atom is -0.489 e. The molecule has 4 heterocycles. The van der Waals surface area contributed by atoms with Crippen LogP contribution in [0.2, 0.25) is 0 Å². The Morgan fingerprint density at radius 1 is 0.946 bits per heavy atom. The molecule has 1 saturated carbocycles. The number of rotatable bonds is 19. The van der Waals surface area contributed by atoms with E-state index >= 15 is 0 Å². The second-order valence-corrected chi connectivity index (χ2v) is 22.8. The fourth-order valence-electron chi connectivity index (χ4n) is 12.0. The Morgan fingerprint density at radius 2 is 1.65 bits per heavy atom. The Bertz CT molecular complexity index is 2720. The first-order chi connectivity index (χ1) is 34.8. The second kappa shape index (κ2) is 22.0. The quantitative estimate of drug-likeness (QED) is 0.0829. The number of aromatic nitrogens is 2. The van der Waals surface area contributed by atoms with Crippen molar-refractivity contribution in [2.45, 2.75) is 117 Å². The van der Waals surface area contributed by atoms with Crippen LogP contribution >= 0.6 is 11.3 Å². The number of ether oxygens (including phenoxy) is 3. The summed E-state index contributed by atoms with van der Waals surface area (Å²) in [6.45, 7) is 16.2. The summed E-state index contributed by atoms with van der Waals surface area (Å²) in [6, 6.07) is 15.2. The van der Waals surface area contributed by atoms with Crippen molar-refractivity contribution >= 4 is 34.7 Å². The minimum absolute atomic E-state index is 0.00942. The molecule has 2 aromatic heterocycles. The molecule has 0 bridgehead atoms. The van der Waals surface area contributed by atoms with Crippen molar-refractivity contribution in [3.8, 4) is 22.3 Å². The van der Waals surface area contributed by atoms with Crippen LogP contribution in [0, 0.1) is 34.5 Å². The average molecular weight is 1040 g/mol. The number of nitrogens with zero attached hydrogens (tertiary/aromatic N) is 8. The van der Waals surface area contributed by atoms with Crippen molar-refractivity contribution in [2.75, 3.05) is 66.5 Å². The molecule has 0 spiro atoms. The smallest absolute Gasteiger partial charge is 0.417 e. The molecular weight excluding hydrogens is 970 g/mol. The van der Waals surface area contributed by atoms with Crippen molar-refractivity contribution in [2.24, 2.45) is 16.2 Å². The molecule has 1 saturated heterocycles. The molecule has 0 N–H and O–H groups in total. The number of alkyl halides is 3. The number of anilines is 1. The van der Waals surface area contributed by atoms with E-state index in [4.69, 9.17) is 14.2 Å². The first-order valence-corrected chi connectivity index (χ1v) is 26.0. The SMILES string of the molecule is CO[C@@H]1CC(C(=O)N(C)Cc2ccc(-c3scnc3C)cc2)N(C(=O)[C@H]2N(C)C(COCCCCCN(C)c3ccc(C(=O)N(C)C4C(C)(C)C(Oc5ccc(C#N)c(C(F)(F)F)c5)C4(C)C)nc3)=CC2(C)C)C1. The van der Waals surface area contributed by atoms with Crippen LogP contribution < -0.4 is 9.64 Å². The van der Waals surface area contributed by atoms with Crippen LogP contribution in [0.1, 0.15) is 100 Å². The zero-order chi connectivity index (χ0) is 54.1. The maximum Gasteiger partial charge on any atom is 0.417 e. The van der Waals surface area contributed by atoms with Crippen molar-refractivity contribution in [1.82, 2.24) is 29.6 Å². The van der Waals surface area contributed by atoms with Crippen LogP contribution in [0.4, 0.5) is 18.9 Å². The van der Waals surface area contributed by atoms with Gasteiger partial charge in [0.1, 0.15) is 29.6 Å². The molecule has 4 aromatic rings. The van der Waals surface area contributed by atoms with Gasteiger partial charge in [0.2, 0.25) is 11.8 Å². The molecule has 1 aliphatic carbocycles. The third-order valence-corrected chi connectivity index (χ3v) is 16.3. The Morgan fingerprint density at radius 3 is 2.26 bits per heavy atom. The molecule has 398 valence electrons. The summed E-state index contributed by atoms with van der Waals surface area (Å²) < 4.78 is 59.1. The molecule has 18 heteroatoms. The van der Waals surface area contributed by atoms with E-state index < -0.39 is 51.7 Å². The highest BCUT2D eigenvalue weighted by Gasteiger charge is 2.66. The minimum atomic E-state index is -4.71. The predicted octanol–water partition coefficient (Wildman–Crippen LogP) is 9.48. The molecule has 3 atom stereocenters. The number of unbranched alkanes of at least 4 members (excludes halogenated alkanes) is 2. The van der Waals surface area contributed by atoms with E-state index in [0.29, 0.717) is 32.7 Å². The summed E-state index contributed by atoms with van der Waals surface area (Å²) in [5.74, 6) is -0.486. The van der Waals surface area contributed by atoms with Gasteiger partial charge in [-0.25, -0.2) is 9.97 Å². The largest absolute Gasteiger partial charge is 0.489 e. The third-order valence-electron chi connectivity index (χ3n) is 15.3. The first kappa shape index (κ1) is 55.7. The van der Waals surface area contributed by atoms with Gasteiger partial charge in [-0.15, -0.1) is 11.3 Å². The number of pyridine rings is 1. The monoisotopic (exact) mass is 1040 g/mol. The number of methoxy groups -OCH3 is 1. The topological polar surface area (TPSA) is 145 Å². The van der Waals surface area contributed by atoms with E-state index in [1.807, 2.05) is 91.2 Å². The van der Waals surface area contributed by atoms with Crippen LogP contribution in [0.3, 0.4) is 0 Å². The number of nitriles is 1. The lowest BCUT2D eigenvalue weighted by atomic mass is 9.49. The van der Waals surface area contributed by atoms with E-state index in [1.54, 1.807) is 65.6 Å². The van der Waals surface area contributed by atoms with E-state index in [1.165, 1.54) is 6.07 Å². The number of hydrogen-bond donors (Lipinski definition) is 0. The predicted molar refractivity (Wildman–Crippen MR) is 279 cm³/mol. The lowest BCUT2D eigenvalue weighted by molar-refractivity contribution is -0.195. The molecule has 1 unspecified atom stereocenters. The van der Waals surface area contributed by atoms with E-state index in [-0.39, 0.29) is 41.3 Å². The number of likely N-dealkylation sites (N-methyl/N-ethyl adjacent to an activating group) is 2. The summed E-state index contributed by atoms with van der Waals surface area (Å²) >= 11 is 1.60. The molecular formula is C56H71F3N8O6S. The zero-order valence-electron chi connectivity index (χ0n) is 44.7. The van der Waals surface area contributed by atoms with Gasteiger partial charge in [-0.1, -0.05) is 71.9 Å². The summed E-state index contributed by atoms with van der Waals surface area (Å²) in [5, 5.41) is 9.22. The molecule has 7 rings (SSSR count). The Balaban J connectivity index is 0.844. The van der Waals surface area contributed by atoms with Gasteiger partial charge >= 0.3 is 6.18 Å². The van der Waals surface area contributed by atoms with Gasteiger partial charge < -0.3 is 38.7 Å². The maximum atomic E-state index is 14.5. The molecule has 0 radical (unpaired) electrons. The lowest BCUT2D eigenvalue weighted by Gasteiger charge is -2.65. The van der Waals surface area contributed by atoms with Crippen molar-refractivity contribution < 1.29 is 41.8 Å². The van der Waals surface area contributed by atoms with Crippen LogP contribution in [-0.4, -0.2) is 139 Å². The maximum absolute atomic E-state index is 14.5. The van der Waals surface area contributed by atoms with Crippen LogP contribution in [0.25, 0.3) is 10.4 Å². The van der Waals surface area contributed by atoms with Gasteiger partial charge in [0, 0.05) is 95.9 Å². The molecule has 3 aliphatic rings. The summed E-state index contributed by atoms with van der Waals surface area (Å²) in [4.78, 5) is 61.6. The van der Waals surface area contributed by atoms with Crippen LogP contribution in [0.15, 0.2) is 78.1 Å². The number of carbonyl (C=O) groups is 3. The van der Waals surface area contributed by atoms with Crippen molar-refractivity contribution in [1.29, 1.82) is 5.26 Å². The average Bonchev–Trinajstić information content (AvgIpc) is 4.06. The van der Waals surface area contributed by atoms with Crippen molar-refractivity contribution in [3.05, 3.63) is 106 Å². The van der Waals surface area contributed by atoms with Gasteiger partial charge in [-0.2, -0.15) is 18.4 Å². The Kier molecular flexibility index (Phi) is 16.6. The first-order valence-electron chi connectivity index (χ1n) is 25.1. The zero-order valence-corrected chi connectivity index (χ0v) is 45.6. The molecule has 2 fully saturated rings. The second-order valence-electron chi connectivity index (χ2n) is 21.9. The van der Waals surface area contributed by atoms with Crippen LogP contribution in [-0.2, 0) is 31.8 Å². The molecule has 3 amide bonds. The number of benzene rings is 2. The number of hydrogen-bond acceptors (Lipinski definition) is 12. The van der Waals surface area contributed by atoms with E-state index in [0.717, 1.165) is 71.0 Å². The third kappa shape index (κ3) is 11.4. The van der Waals surface area contributed by atoms with Gasteiger partial charge in [-0.05, 0) is 67.6 Å². The molecule has 2 aromatic carbocycles. The number of thiazole rings is 1. The molecule has 2 aliphatic heterocycles. The Hall–Kier alpha value is -6.03. The summed E-state index contributed by atoms with van der Waals surface area (Å²) in [7, 11) is 9.03. The number of likely N-dealkylation sites (tertiary alicyclic amines) is 1. The van der Waals surface area contributed by atoms with Crippen molar-refractivity contribution in [3.63, 3.8) is 0 Å². The highest BCUT2D eigenvalue weighted by molar-refractivity contribution is 7.13. The van der Waals surface area contributed by atoms with Gasteiger partial charge in [0.25, 0.3) is 5.91 Å². The summed E-state index contributed by atoms with van der Waals surface area (Å²) in [5.41, 5.74) is 3.68. The van der Waals surface area contributed by atoms with E-state index in [9.17, 15) is 32.8 Å². The number of halogens is 3. The number of amides is 3. The standard InChI is InChI=1S/C56H71F3N8O6S/c1-35-46(74-34-62-35)37-18-16-36(17-19-37)31-64(9)49(69)45-27-42(71-12)32-67(45)50(70)47-53(2,3)28-40(65(47)10)33-72-25-15-13-14-24-63(8)39-21-23-44(61-30-39)48(68)66(11)51-54(4,5)52(55(51,6)7)73-41-22-20-38(29-60)43(26-41)56(57,58)59/h16-23,26,28,30,34,42,45,47,51-52H,13-15,24-25,27,31-33H2,1-12H3/t42-,45?,47-,51?,52?/m1/s1. The number of aryl methyl sites for hydroxylation is 1. The number of carbonyl (C=O) groups excluding carboxylic acids is 3. The summed E-state index contributed by atoms with van der Waals surface area (Å²) in [6.07, 6.45) is 1.40. The molecule has 74 heavy (non-hydrogen) atoms. The fourth-order valence-corrected chi connectivity index (χ4v) is 12.8. The highest BCUT2D eigenvalue weighted by Crippen LogP contribution is 2.58. The van der Waals surface area contributed by atoms with Gasteiger partial charge in [-0.3, -0.25) is 14.4 Å². The highest BCUT2D eigenvalue weighted by atomic mass is 32.1. The van der Waals surface area contributed by atoms with Gasteiger partial charge in [0.05, 0.1) is 57.9 Å². The fraction of sp³-hybridized carbons (Fsp3) is 0.536. The Labute approximate surface area is 438 Å². The van der Waals surface area contributed by atoms with Gasteiger partial charge in [0.15, 0.2) is 0 Å². The molecule has 14 nitrogen and oxygen atoms in total.